The van der Waals surface area contributed by atoms with E-state index in [9.17, 15) is 9.59 Å². The van der Waals surface area contributed by atoms with Crippen LogP contribution in [0.25, 0.3) is 0 Å². The van der Waals surface area contributed by atoms with Gasteiger partial charge in [0.2, 0.25) is 11.8 Å². The summed E-state index contributed by atoms with van der Waals surface area (Å²) in [7, 11) is 0. The fourth-order valence-electron chi connectivity index (χ4n) is 1.49. The van der Waals surface area contributed by atoms with Gasteiger partial charge >= 0.3 is 0 Å². The molecule has 1 saturated heterocycles. The molecule has 0 aromatic carbocycles. The maximum absolute atomic E-state index is 11.6. The van der Waals surface area contributed by atoms with Crippen LogP contribution < -0.4 is 5.73 Å². The largest absolute Gasteiger partial charge is 0.393 e. The van der Waals surface area contributed by atoms with Crippen LogP contribution >= 0.6 is 12.2 Å². The number of nitrogens with two attached hydrogens (primary N) is 1. The third-order valence-corrected chi connectivity index (χ3v) is 3.24. The summed E-state index contributed by atoms with van der Waals surface area (Å²) in [6.07, 6.45) is 0.298. The molecule has 0 bridgehead atoms. The second kappa shape index (κ2) is 3.89. The monoisotopic (exact) mass is 228 g/mol. The molecule has 1 fully saturated rings. The van der Waals surface area contributed by atoms with Crippen molar-refractivity contribution in [1.82, 2.24) is 4.90 Å². The number of amides is 2. The first-order chi connectivity index (χ1) is 6.75. The molecule has 84 valence electrons. The summed E-state index contributed by atoms with van der Waals surface area (Å²) in [6.45, 7) is 5.70. The molecule has 1 rings (SSSR count). The van der Waals surface area contributed by atoms with Gasteiger partial charge < -0.3 is 5.73 Å². The number of carbonyl (C=O) groups is 2. The molecule has 0 aromatic heterocycles. The van der Waals surface area contributed by atoms with E-state index in [0.717, 1.165) is 0 Å². The minimum atomic E-state index is -0.495. The zero-order valence-corrected chi connectivity index (χ0v) is 10.1. The summed E-state index contributed by atoms with van der Waals surface area (Å²) in [5.74, 6) is -0.458. The summed E-state index contributed by atoms with van der Waals surface area (Å²) >= 11 is 4.90. The molecule has 1 atom stereocenters. The summed E-state index contributed by atoms with van der Waals surface area (Å²) in [4.78, 5) is 24.7. The minimum Gasteiger partial charge on any atom is -0.393 e. The Kier molecular flexibility index (Phi) is 3.13. The zero-order chi connectivity index (χ0) is 11.8. The highest BCUT2D eigenvalue weighted by Gasteiger charge is 2.39. The second-order valence-corrected chi connectivity index (χ2v) is 5.11. The van der Waals surface area contributed by atoms with E-state index in [1.807, 2.05) is 13.8 Å². The topological polar surface area (TPSA) is 63.4 Å². The molecule has 2 amide bonds. The summed E-state index contributed by atoms with van der Waals surface area (Å²) in [5, 5.41) is 0. The van der Waals surface area contributed by atoms with Crippen molar-refractivity contribution in [3.8, 4) is 0 Å². The molecule has 0 aromatic rings. The lowest BCUT2D eigenvalue weighted by molar-refractivity contribution is -0.140. The van der Waals surface area contributed by atoms with E-state index in [4.69, 9.17) is 18.0 Å². The highest BCUT2D eigenvalue weighted by atomic mass is 32.1. The quantitative estimate of drug-likeness (QED) is 0.570. The Hall–Kier alpha value is -0.970. The molecule has 1 heterocycles. The fourth-order valence-corrected chi connectivity index (χ4v) is 1.55. The summed E-state index contributed by atoms with van der Waals surface area (Å²) in [5.41, 5.74) is 5.06. The van der Waals surface area contributed by atoms with Gasteiger partial charge in [0.25, 0.3) is 0 Å². The molecule has 4 nitrogen and oxygen atoms in total. The van der Waals surface area contributed by atoms with Crippen molar-refractivity contribution in [1.29, 1.82) is 0 Å². The number of rotatable bonds is 3. The first-order valence-electron chi connectivity index (χ1n) is 4.90. The molecule has 1 aliphatic heterocycles. The van der Waals surface area contributed by atoms with E-state index in [1.54, 1.807) is 6.92 Å². The van der Waals surface area contributed by atoms with Crippen LogP contribution in [0.4, 0.5) is 0 Å². The lowest BCUT2D eigenvalue weighted by atomic mass is 9.93. The van der Waals surface area contributed by atoms with Crippen molar-refractivity contribution in [2.75, 3.05) is 6.54 Å². The third kappa shape index (κ3) is 2.34. The van der Waals surface area contributed by atoms with Crippen LogP contribution in [0.5, 0.6) is 0 Å². The van der Waals surface area contributed by atoms with Crippen molar-refractivity contribution < 1.29 is 9.59 Å². The normalized spacial score (nSPS) is 22.3. The van der Waals surface area contributed by atoms with E-state index in [1.165, 1.54) is 4.90 Å². The van der Waals surface area contributed by atoms with Crippen LogP contribution in [0.15, 0.2) is 0 Å². The standard InChI is InChI=1S/C10H16N2O2S/c1-6-4-7(13)12(8(6)14)5-10(2,3)9(11)15/h6H,4-5H2,1-3H3,(H2,11,15). The number of imide groups is 1. The van der Waals surface area contributed by atoms with Crippen molar-refractivity contribution >= 4 is 29.0 Å². The summed E-state index contributed by atoms with van der Waals surface area (Å²) in [6, 6.07) is 0. The number of thiocarbonyl (C=S) groups is 1. The smallest absolute Gasteiger partial charge is 0.232 e. The molecule has 15 heavy (non-hydrogen) atoms. The SMILES string of the molecule is CC1CC(=O)N(CC(C)(C)C(N)=S)C1=O. The van der Waals surface area contributed by atoms with Crippen LogP contribution in [0, 0.1) is 11.3 Å². The second-order valence-electron chi connectivity index (χ2n) is 4.67. The molecule has 1 aliphatic rings. The van der Waals surface area contributed by atoms with Crippen molar-refractivity contribution in [3.05, 3.63) is 0 Å². The van der Waals surface area contributed by atoms with Crippen molar-refractivity contribution in [2.24, 2.45) is 17.1 Å². The van der Waals surface area contributed by atoms with Crippen LogP contribution in [0.3, 0.4) is 0 Å². The Balaban J connectivity index is 2.79. The van der Waals surface area contributed by atoms with Gasteiger partial charge in [0, 0.05) is 24.3 Å². The summed E-state index contributed by atoms with van der Waals surface area (Å²) < 4.78 is 0. The van der Waals surface area contributed by atoms with Gasteiger partial charge in [-0.15, -0.1) is 0 Å². The number of nitrogens with zero attached hydrogens (tertiary/aromatic N) is 1. The first kappa shape index (κ1) is 12.1. The van der Waals surface area contributed by atoms with E-state index >= 15 is 0 Å². The number of likely N-dealkylation sites (tertiary alicyclic amines) is 1. The van der Waals surface area contributed by atoms with E-state index in [0.29, 0.717) is 11.4 Å². The predicted octanol–water partition coefficient (Wildman–Crippen LogP) is 0.694. The predicted molar refractivity (Wildman–Crippen MR) is 61.1 cm³/mol. The van der Waals surface area contributed by atoms with Gasteiger partial charge in [0.05, 0.1) is 4.99 Å². The van der Waals surface area contributed by atoms with Crippen LogP contribution in [0.1, 0.15) is 27.2 Å². The van der Waals surface area contributed by atoms with Crippen molar-refractivity contribution in [2.45, 2.75) is 27.2 Å². The van der Waals surface area contributed by atoms with Gasteiger partial charge in [-0.1, -0.05) is 33.0 Å². The average Bonchev–Trinajstić information content (AvgIpc) is 2.32. The molecule has 0 spiro atoms. The van der Waals surface area contributed by atoms with Gasteiger partial charge in [-0.25, -0.2) is 0 Å². The first-order valence-corrected chi connectivity index (χ1v) is 5.30. The molecule has 5 heteroatoms. The maximum atomic E-state index is 11.6. The van der Waals surface area contributed by atoms with Crippen LogP contribution in [-0.2, 0) is 9.59 Å². The Morgan fingerprint density at radius 1 is 1.60 bits per heavy atom. The molecule has 2 N–H and O–H groups in total. The lowest BCUT2D eigenvalue weighted by Gasteiger charge is -2.28. The fraction of sp³-hybridized carbons (Fsp3) is 0.700. The number of hydrogen-bond acceptors (Lipinski definition) is 3. The van der Waals surface area contributed by atoms with Gasteiger partial charge in [-0.05, 0) is 0 Å². The molecule has 0 radical (unpaired) electrons. The number of hydrogen-bond donors (Lipinski definition) is 1. The van der Waals surface area contributed by atoms with Crippen LogP contribution in [-0.4, -0.2) is 28.2 Å². The zero-order valence-electron chi connectivity index (χ0n) is 9.24. The lowest BCUT2D eigenvalue weighted by Crippen LogP contribution is -2.44. The van der Waals surface area contributed by atoms with Gasteiger partial charge in [0.1, 0.15) is 0 Å². The van der Waals surface area contributed by atoms with Gasteiger partial charge in [-0.3, -0.25) is 14.5 Å². The minimum absolute atomic E-state index is 0.121. The van der Waals surface area contributed by atoms with E-state index in [-0.39, 0.29) is 24.3 Å². The van der Waals surface area contributed by atoms with E-state index < -0.39 is 5.41 Å². The Labute approximate surface area is 94.8 Å². The Morgan fingerprint density at radius 3 is 2.47 bits per heavy atom. The van der Waals surface area contributed by atoms with Crippen LogP contribution in [0.2, 0.25) is 0 Å². The average molecular weight is 228 g/mol. The van der Waals surface area contributed by atoms with Crippen molar-refractivity contribution in [3.63, 3.8) is 0 Å². The number of carbonyl (C=O) groups excluding carboxylic acids is 2. The third-order valence-electron chi connectivity index (χ3n) is 2.69. The molecule has 0 aliphatic carbocycles. The molecule has 0 saturated carbocycles. The molecule has 1 unspecified atom stereocenters. The Bertz CT molecular complexity index is 325. The maximum Gasteiger partial charge on any atom is 0.232 e. The highest BCUT2D eigenvalue weighted by Crippen LogP contribution is 2.24. The highest BCUT2D eigenvalue weighted by molar-refractivity contribution is 7.80. The molecular formula is C10H16N2O2S. The molecular weight excluding hydrogens is 212 g/mol. The van der Waals surface area contributed by atoms with Gasteiger partial charge in [0.15, 0.2) is 0 Å². The van der Waals surface area contributed by atoms with Gasteiger partial charge in [-0.2, -0.15) is 0 Å². The Morgan fingerprint density at radius 2 is 2.13 bits per heavy atom. The van der Waals surface area contributed by atoms with E-state index in [2.05, 4.69) is 0 Å².